The van der Waals surface area contributed by atoms with E-state index in [2.05, 4.69) is 4.98 Å². The van der Waals surface area contributed by atoms with Gasteiger partial charge < -0.3 is 10.5 Å². The van der Waals surface area contributed by atoms with Gasteiger partial charge in [0.1, 0.15) is 17.7 Å². The third-order valence-corrected chi connectivity index (χ3v) is 3.36. The third-order valence-electron chi connectivity index (χ3n) is 3.36. The van der Waals surface area contributed by atoms with E-state index in [4.69, 9.17) is 10.5 Å². The molecule has 2 aromatic rings. The van der Waals surface area contributed by atoms with Crippen LogP contribution in [0, 0.1) is 0 Å². The summed E-state index contributed by atoms with van der Waals surface area (Å²) in [5, 5.41) is 0.185. The van der Waals surface area contributed by atoms with Gasteiger partial charge in [-0.2, -0.15) is 0 Å². The molecule has 118 valence electrons. The van der Waals surface area contributed by atoms with E-state index < -0.39 is 23.7 Å². The first-order valence-corrected chi connectivity index (χ1v) is 6.94. The number of nitrogens with zero attached hydrogens (tertiary/aromatic N) is 3. The minimum atomic E-state index is -0.767. The molecule has 8 nitrogen and oxygen atoms in total. The first-order chi connectivity index (χ1) is 10.4. The van der Waals surface area contributed by atoms with Crippen molar-refractivity contribution in [3.05, 3.63) is 32.6 Å². The van der Waals surface area contributed by atoms with Gasteiger partial charge in [-0.3, -0.25) is 14.2 Å². The van der Waals surface area contributed by atoms with Crippen LogP contribution in [0.5, 0.6) is 5.75 Å². The number of amides is 1. The molecule has 0 saturated heterocycles. The SMILES string of the molecule is CCOc1c(CC)cnc2c1c(=O)n(CC(N)=O)c(=O)n2C. The van der Waals surface area contributed by atoms with Crippen LogP contribution in [0.1, 0.15) is 19.4 Å². The molecule has 0 aliphatic heterocycles. The first kappa shape index (κ1) is 15.7. The average molecular weight is 306 g/mol. The Bertz CT molecular complexity index is 851. The molecule has 8 heteroatoms. The number of hydrogen-bond acceptors (Lipinski definition) is 5. The maximum absolute atomic E-state index is 12.6. The van der Waals surface area contributed by atoms with Crippen molar-refractivity contribution in [3.63, 3.8) is 0 Å². The molecule has 0 aliphatic rings. The number of primary amides is 1. The van der Waals surface area contributed by atoms with Crippen molar-refractivity contribution in [3.8, 4) is 5.75 Å². The van der Waals surface area contributed by atoms with Crippen LogP contribution in [0.15, 0.2) is 15.8 Å². The van der Waals surface area contributed by atoms with Crippen LogP contribution in [0.4, 0.5) is 0 Å². The van der Waals surface area contributed by atoms with Crippen molar-refractivity contribution in [2.24, 2.45) is 12.8 Å². The number of rotatable bonds is 5. The molecule has 0 fully saturated rings. The smallest absolute Gasteiger partial charge is 0.332 e. The van der Waals surface area contributed by atoms with Crippen molar-refractivity contribution in [1.29, 1.82) is 0 Å². The predicted molar refractivity (Wildman–Crippen MR) is 81.0 cm³/mol. The van der Waals surface area contributed by atoms with Gasteiger partial charge in [-0.25, -0.2) is 14.3 Å². The lowest BCUT2D eigenvalue weighted by Gasteiger charge is -2.14. The highest BCUT2D eigenvalue weighted by Crippen LogP contribution is 2.25. The quantitative estimate of drug-likeness (QED) is 0.804. The minimum absolute atomic E-state index is 0.185. The summed E-state index contributed by atoms with van der Waals surface area (Å²) in [6.45, 7) is 3.60. The zero-order chi connectivity index (χ0) is 16.4. The Kier molecular flexibility index (Phi) is 4.30. The zero-order valence-corrected chi connectivity index (χ0v) is 12.8. The fourth-order valence-corrected chi connectivity index (χ4v) is 2.32. The molecule has 0 spiro atoms. The monoisotopic (exact) mass is 306 g/mol. The highest BCUT2D eigenvalue weighted by atomic mass is 16.5. The Morgan fingerprint density at radius 1 is 1.36 bits per heavy atom. The van der Waals surface area contributed by atoms with Gasteiger partial charge in [0.2, 0.25) is 5.91 Å². The van der Waals surface area contributed by atoms with E-state index in [1.807, 2.05) is 6.92 Å². The van der Waals surface area contributed by atoms with Gasteiger partial charge >= 0.3 is 5.69 Å². The topological polar surface area (TPSA) is 109 Å². The van der Waals surface area contributed by atoms with Crippen LogP contribution in [0.2, 0.25) is 0 Å². The second-order valence-corrected chi connectivity index (χ2v) is 4.80. The van der Waals surface area contributed by atoms with E-state index in [0.29, 0.717) is 18.8 Å². The van der Waals surface area contributed by atoms with Crippen LogP contribution >= 0.6 is 0 Å². The van der Waals surface area contributed by atoms with Crippen molar-refractivity contribution in [1.82, 2.24) is 14.1 Å². The molecular formula is C14H18N4O4. The van der Waals surface area contributed by atoms with Crippen molar-refractivity contribution in [2.45, 2.75) is 26.8 Å². The first-order valence-electron chi connectivity index (χ1n) is 6.94. The lowest BCUT2D eigenvalue weighted by molar-refractivity contribution is -0.118. The Morgan fingerprint density at radius 2 is 2.05 bits per heavy atom. The van der Waals surface area contributed by atoms with Gasteiger partial charge in [-0.15, -0.1) is 0 Å². The highest BCUT2D eigenvalue weighted by Gasteiger charge is 2.19. The van der Waals surface area contributed by atoms with Gasteiger partial charge in [0.25, 0.3) is 5.56 Å². The average Bonchev–Trinajstić information content (AvgIpc) is 2.49. The molecule has 0 aromatic carbocycles. The Balaban J connectivity index is 2.98. The molecule has 0 bridgehead atoms. The highest BCUT2D eigenvalue weighted by molar-refractivity contribution is 5.83. The molecule has 2 heterocycles. The number of aryl methyl sites for hydroxylation is 2. The van der Waals surface area contributed by atoms with Gasteiger partial charge in [0, 0.05) is 18.8 Å². The number of fused-ring (bicyclic) bond motifs is 1. The van der Waals surface area contributed by atoms with Gasteiger partial charge in [-0.05, 0) is 13.3 Å². The number of hydrogen-bond donors (Lipinski definition) is 1. The van der Waals surface area contributed by atoms with Crippen LogP contribution in [-0.2, 0) is 24.8 Å². The Morgan fingerprint density at radius 3 is 2.59 bits per heavy atom. The fraction of sp³-hybridized carbons (Fsp3) is 0.429. The molecule has 0 unspecified atom stereocenters. The molecule has 2 rings (SSSR count). The maximum Gasteiger partial charge on any atom is 0.332 e. The molecule has 0 radical (unpaired) electrons. The summed E-state index contributed by atoms with van der Waals surface area (Å²) in [5.41, 5.74) is 4.83. The second-order valence-electron chi connectivity index (χ2n) is 4.80. The number of carbonyl (C=O) groups is 1. The number of carbonyl (C=O) groups excluding carboxylic acids is 1. The van der Waals surface area contributed by atoms with Crippen LogP contribution < -0.4 is 21.7 Å². The summed E-state index contributed by atoms with van der Waals surface area (Å²) in [4.78, 5) is 40.1. The summed E-state index contributed by atoms with van der Waals surface area (Å²) in [6.07, 6.45) is 2.21. The zero-order valence-electron chi connectivity index (χ0n) is 12.8. The lowest BCUT2D eigenvalue weighted by atomic mass is 10.1. The predicted octanol–water partition coefficient (Wildman–Crippen LogP) is -0.458. The molecule has 2 aromatic heterocycles. The van der Waals surface area contributed by atoms with Gasteiger partial charge in [0.05, 0.1) is 6.61 Å². The second kappa shape index (κ2) is 6.00. The fourth-order valence-electron chi connectivity index (χ4n) is 2.32. The number of pyridine rings is 1. The maximum atomic E-state index is 12.6. The molecule has 22 heavy (non-hydrogen) atoms. The molecule has 0 atom stereocenters. The lowest BCUT2D eigenvalue weighted by Crippen LogP contribution is -2.42. The van der Waals surface area contributed by atoms with Crippen LogP contribution in [0.25, 0.3) is 11.0 Å². The molecule has 0 saturated carbocycles. The largest absolute Gasteiger partial charge is 0.493 e. The molecule has 0 aliphatic carbocycles. The number of nitrogens with two attached hydrogens (primary N) is 1. The number of aromatic nitrogens is 3. The van der Waals surface area contributed by atoms with E-state index in [1.165, 1.54) is 11.6 Å². The van der Waals surface area contributed by atoms with Crippen molar-refractivity contribution < 1.29 is 9.53 Å². The standard InChI is InChI=1S/C14H18N4O4/c1-4-8-6-16-12-10(11(8)22-5-2)13(20)18(7-9(15)19)14(21)17(12)3/h6H,4-5,7H2,1-3H3,(H2,15,19). The minimum Gasteiger partial charge on any atom is -0.493 e. The van der Waals surface area contributed by atoms with Gasteiger partial charge in [-0.1, -0.05) is 6.92 Å². The van der Waals surface area contributed by atoms with Crippen LogP contribution in [-0.4, -0.2) is 26.6 Å². The Hall–Kier alpha value is -2.64. The van der Waals surface area contributed by atoms with Crippen LogP contribution in [0.3, 0.4) is 0 Å². The third kappa shape index (κ3) is 2.47. The summed E-state index contributed by atoms with van der Waals surface area (Å²) in [5.74, 6) is -0.370. The van der Waals surface area contributed by atoms with E-state index in [0.717, 1.165) is 10.1 Å². The van der Waals surface area contributed by atoms with Crippen molar-refractivity contribution >= 4 is 16.9 Å². The number of ether oxygens (including phenoxy) is 1. The Labute approximate surface area is 126 Å². The normalized spacial score (nSPS) is 10.9. The molecule has 1 amide bonds. The van der Waals surface area contributed by atoms with E-state index in [1.54, 1.807) is 13.1 Å². The van der Waals surface area contributed by atoms with E-state index in [-0.39, 0.29) is 11.0 Å². The van der Waals surface area contributed by atoms with E-state index >= 15 is 0 Å². The molecule has 2 N–H and O–H groups in total. The summed E-state index contributed by atoms with van der Waals surface area (Å²) in [6, 6.07) is 0. The van der Waals surface area contributed by atoms with Gasteiger partial charge in [0.15, 0.2) is 5.65 Å². The van der Waals surface area contributed by atoms with E-state index in [9.17, 15) is 14.4 Å². The summed E-state index contributed by atoms with van der Waals surface area (Å²) < 4.78 is 7.60. The summed E-state index contributed by atoms with van der Waals surface area (Å²) >= 11 is 0. The summed E-state index contributed by atoms with van der Waals surface area (Å²) in [7, 11) is 1.48. The molecular weight excluding hydrogens is 288 g/mol. The van der Waals surface area contributed by atoms with Crippen molar-refractivity contribution in [2.75, 3.05) is 6.61 Å².